The molecular formula is C15H21NO4. The van der Waals surface area contributed by atoms with Crippen molar-refractivity contribution in [2.24, 2.45) is 0 Å². The van der Waals surface area contributed by atoms with Crippen LogP contribution in [0, 0.1) is 0 Å². The summed E-state index contributed by atoms with van der Waals surface area (Å²) in [4.78, 5) is 13.4. The molecule has 110 valence electrons. The van der Waals surface area contributed by atoms with Gasteiger partial charge >= 0.3 is 5.97 Å². The van der Waals surface area contributed by atoms with Gasteiger partial charge in [-0.15, -0.1) is 0 Å². The van der Waals surface area contributed by atoms with E-state index in [9.17, 15) is 9.90 Å². The number of benzene rings is 1. The summed E-state index contributed by atoms with van der Waals surface area (Å²) in [5.74, 6) is -0.873. The summed E-state index contributed by atoms with van der Waals surface area (Å²) in [7, 11) is 0. The molecule has 5 nitrogen and oxygen atoms in total. The van der Waals surface area contributed by atoms with E-state index < -0.39 is 5.97 Å². The van der Waals surface area contributed by atoms with Gasteiger partial charge in [0.1, 0.15) is 0 Å². The molecule has 1 aliphatic heterocycles. The van der Waals surface area contributed by atoms with Crippen molar-refractivity contribution >= 4 is 5.97 Å². The van der Waals surface area contributed by atoms with Crippen molar-refractivity contribution in [1.29, 1.82) is 0 Å². The van der Waals surface area contributed by atoms with Crippen LogP contribution in [-0.2, 0) is 11.3 Å². The first kappa shape index (κ1) is 15.0. The van der Waals surface area contributed by atoms with E-state index in [1.165, 1.54) is 0 Å². The number of ether oxygens (including phenoxy) is 1. The van der Waals surface area contributed by atoms with Crippen molar-refractivity contribution in [3.8, 4) is 0 Å². The summed E-state index contributed by atoms with van der Waals surface area (Å²) in [6, 6.07) is 7.15. The Morgan fingerprint density at radius 1 is 1.30 bits per heavy atom. The third kappa shape index (κ3) is 4.03. The standard InChI is InChI=1S/C15H21NO4/c17-9-10-20-13-5-7-16(8-6-13)11-12-3-1-2-4-14(12)15(18)19/h1-4,13,17H,5-11H2,(H,18,19). The molecule has 0 unspecified atom stereocenters. The molecule has 0 aromatic heterocycles. The summed E-state index contributed by atoms with van der Waals surface area (Å²) in [6.07, 6.45) is 2.07. The number of hydrogen-bond acceptors (Lipinski definition) is 4. The SMILES string of the molecule is O=C(O)c1ccccc1CN1CCC(OCCO)CC1. The van der Waals surface area contributed by atoms with E-state index in [-0.39, 0.29) is 12.7 Å². The predicted octanol–water partition coefficient (Wildman–Crippen LogP) is 1.36. The fourth-order valence-corrected chi connectivity index (χ4v) is 2.56. The highest BCUT2D eigenvalue weighted by molar-refractivity contribution is 5.89. The molecule has 2 N–H and O–H groups in total. The van der Waals surface area contributed by atoms with Crippen molar-refractivity contribution < 1.29 is 19.7 Å². The maximum Gasteiger partial charge on any atom is 0.336 e. The minimum Gasteiger partial charge on any atom is -0.478 e. The highest BCUT2D eigenvalue weighted by Gasteiger charge is 2.20. The number of nitrogens with zero attached hydrogens (tertiary/aromatic N) is 1. The van der Waals surface area contributed by atoms with Crippen LogP contribution < -0.4 is 0 Å². The van der Waals surface area contributed by atoms with Crippen molar-refractivity contribution in [2.75, 3.05) is 26.3 Å². The lowest BCUT2D eigenvalue weighted by Gasteiger charge is -2.32. The average molecular weight is 279 g/mol. The maximum atomic E-state index is 11.2. The molecule has 5 heteroatoms. The molecule has 0 saturated carbocycles. The topological polar surface area (TPSA) is 70.0 Å². The van der Waals surface area contributed by atoms with Gasteiger partial charge < -0.3 is 14.9 Å². The summed E-state index contributed by atoms with van der Waals surface area (Å²) in [6.45, 7) is 2.90. The van der Waals surface area contributed by atoms with Gasteiger partial charge in [-0.25, -0.2) is 4.79 Å². The number of carboxylic acids is 1. The normalized spacial score (nSPS) is 17.2. The summed E-state index contributed by atoms with van der Waals surface area (Å²) < 4.78 is 5.52. The maximum absolute atomic E-state index is 11.2. The van der Waals surface area contributed by atoms with Crippen LogP contribution in [0.15, 0.2) is 24.3 Å². The molecule has 20 heavy (non-hydrogen) atoms. The molecule has 0 spiro atoms. The number of aromatic carboxylic acids is 1. The Hall–Kier alpha value is -1.43. The summed E-state index contributed by atoms with van der Waals surface area (Å²) >= 11 is 0. The molecule has 0 radical (unpaired) electrons. The molecule has 2 rings (SSSR count). The zero-order chi connectivity index (χ0) is 14.4. The number of aliphatic hydroxyl groups is 1. The second kappa shape index (κ2) is 7.38. The molecule has 1 fully saturated rings. The zero-order valence-electron chi connectivity index (χ0n) is 11.5. The van der Waals surface area contributed by atoms with Crippen molar-refractivity contribution in [3.63, 3.8) is 0 Å². The van der Waals surface area contributed by atoms with E-state index in [2.05, 4.69) is 4.90 Å². The number of carboxylic acid groups (broad SMARTS) is 1. The zero-order valence-corrected chi connectivity index (χ0v) is 11.5. The number of aliphatic hydroxyl groups excluding tert-OH is 1. The van der Waals surface area contributed by atoms with Gasteiger partial charge in [0.2, 0.25) is 0 Å². The van der Waals surface area contributed by atoms with Crippen LogP contribution in [0.1, 0.15) is 28.8 Å². The van der Waals surface area contributed by atoms with Crippen molar-refractivity contribution in [3.05, 3.63) is 35.4 Å². The molecule has 1 aromatic carbocycles. The Labute approximate surface area is 118 Å². The molecule has 0 aliphatic carbocycles. The molecular weight excluding hydrogens is 258 g/mol. The van der Waals surface area contributed by atoms with Crippen molar-refractivity contribution in [2.45, 2.75) is 25.5 Å². The van der Waals surface area contributed by atoms with Gasteiger partial charge in [0.15, 0.2) is 0 Å². The number of carbonyl (C=O) groups is 1. The van der Waals surface area contributed by atoms with E-state index in [0.717, 1.165) is 31.5 Å². The van der Waals surface area contributed by atoms with E-state index >= 15 is 0 Å². The Morgan fingerprint density at radius 2 is 2.00 bits per heavy atom. The molecule has 1 heterocycles. The monoisotopic (exact) mass is 279 g/mol. The Bertz CT molecular complexity index is 441. The number of hydrogen-bond donors (Lipinski definition) is 2. The molecule has 1 aliphatic rings. The quantitative estimate of drug-likeness (QED) is 0.823. The first-order chi connectivity index (χ1) is 9.70. The van der Waals surface area contributed by atoms with E-state index in [0.29, 0.717) is 18.7 Å². The second-order valence-electron chi connectivity index (χ2n) is 5.03. The van der Waals surface area contributed by atoms with Gasteiger partial charge in [-0.3, -0.25) is 4.90 Å². The second-order valence-corrected chi connectivity index (χ2v) is 5.03. The lowest BCUT2D eigenvalue weighted by atomic mass is 10.0. The number of likely N-dealkylation sites (tertiary alicyclic amines) is 1. The number of rotatable bonds is 6. The Morgan fingerprint density at radius 3 is 2.65 bits per heavy atom. The molecule has 0 amide bonds. The van der Waals surface area contributed by atoms with Crippen LogP contribution in [0.25, 0.3) is 0 Å². The first-order valence-corrected chi connectivity index (χ1v) is 6.96. The van der Waals surface area contributed by atoms with Gasteiger partial charge in [0.25, 0.3) is 0 Å². The predicted molar refractivity (Wildman–Crippen MR) is 74.7 cm³/mol. The van der Waals surface area contributed by atoms with Gasteiger partial charge in [-0.05, 0) is 24.5 Å². The van der Waals surface area contributed by atoms with Gasteiger partial charge in [-0.1, -0.05) is 18.2 Å². The van der Waals surface area contributed by atoms with E-state index in [1.807, 2.05) is 12.1 Å². The highest BCUT2D eigenvalue weighted by atomic mass is 16.5. The van der Waals surface area contributed by atoms with Crippen LogP contribution in [0.4, 0.5) is 0 Å². The van der Waals surface area contributed by atoms with E-state index in [1.54, 1.807) is 12.1 Å². The molecule has 0 atom stereocenters. The fraction of sp³-hybridized carbons (Fsp3) is 0.533. The smallest absolute Gasteiger partial charge is 0.336 e. The average Bonchev–Trinajstić information content (AvgIpc) is 2.47. The van der Waals surface area contributed by atoms with Crippen molar-refractivity contribution in [1.82, 2.24) is 4.90 Å². The highest BCUT2D eigenvalue weighted by Crippen LogP contribution is 2.18. The Balaban J connectivity index is 1.88. The van der Waals surface area contributed by atoms with Crippen LogP contribution in [0.5, 0.6) is 0 Å². The third-order valence-electron chi connectivity index (χ3n) is 3.62. The lowest BCUT2D eigenvalue weighted by Crippen LogP contribution is -2.37. The largest absolute Gasteiger partial charge is 0.478 e. The fourth-order valence-electron chi connectivity index (χ4n) is 2.56. The van der Waals surface area contributed by atoms with Gasteiger partial charge in [0, 0.05) is 19.6 Å². The minimum absolute atomic E-state index is 0.0617. The molecule has 1 aromatic rings. The van der Waals surface area contributed by atoms with Crippen LogP contribution >= 0.6 is 0 Å². The third-order valence-corrected chi connectivity index (χ3v) is 3.62. The molecule has 1 saturated heterocycles. The van der Waals surface area contributed by atoms with Gasteiger partial charge in [-0.2, -0.15) is 0 Å². The van der Waals surface area contributed by atoms with Crippen LogP contribution in [0.2, 0.25) is 0 Å². The molecule has 0 bridgehead atoms. The minimum atomic E-state index is -0.873. The van der Waals surface area contributed by atoms with Crippen LogP contribution in [0.3, 0.4) is 0 Å². The summed E-state index contributed by atoms with van der Waals surface area (Å²) in [5.41, 5.74) is 1.24. The lowest BCUT2D eigenvalue weighted by molar-refractivity contribution is -0.00906. The summed E-state index contributed by atoms with van der Waals surface area (Å²) in [5, 5.41) is 17.9. The first-order valence-electron chi connectivity index (χ1n) is 6.96. The van der Waals surface area contributed by atoms with Crippen LogP contribution in [-0.4, -0.2) is 53.5 Å². The number of piperidine rings is 1. The Kier molecular flexibility index (Phi) is 5.52. The van der Waals surface area contributed by atoms with E-state index in [4.69, 9.17) is 9.84 Å². The van der Waals surface area contributed by atoms with Gasteiger partial charge in [0.05, 0.1) is 24.9 Å².